The second-order valence-corrected chi connectivity index (χ2v) is 8.35. The van der Waals surface area contributed by atoms with Crippen molar-refractivity contribution in [3.05, 3.63) is 48.5 Å². The van der Waals surface area contributed by atoms with E-state index in [0.717, 1.165) is 58.9 Å². The highest BCUT2D eigenvalue weighted by atomic mass is 16.3. The van der Waals surface area contributed by atoms with E-state index in [0.29, 0.717) is 13.1 Å². The topological polar surface area (TPSA) is 87.4 Å². The number of rotatable bonds is 12. The number of benzene rings is 3. The second-order valence-electron chi connectivity index (χ2n) is 8.35. The maximum absolute atomic E-state index is 10.2. The molecule has 0 aliphatic heterocycles. The largest absolute Gasteiger partial charge is 0.394 e. The lowest BCUT2D eigenvalue weighted by Crippen LogP contribution is -2.36. The van der Waals surface area contributed by atoms with E-state index >= 15 is 0 Å². The predicted octanol–water partition coefficient (Wildman–Crippen LogP) is 3.13. The van der Waals surface area contributed by atoms with Gasteiger partial charge < -0.3 is 30.2 Å². The second kappa shape index (κ2) is 11.5. The van der Waals surface area contributed by atoms with Gasteiger partial charge in [-0.3, -0.25) is 0 Å². The highest BCUT2D eigenvalue weighted by Crippen LogP contribution is 2.43. The van der Waals surface area contributed by atoms with Crippen LogP contribution in [0.4, 0.5) is 11.4 Å². The van der Waals surface area contributed by atoms with Crippen LogP contribution in [-0.2, 0) is 0 Å². The summed E-state index contributed by atoms with van der Waals surface area (Å²) in [6.07, 6.45) is 0.172. The van der Waals surface area contributed by atoms with Gasteiger partial charge in [-0.1, -0.05) is 62.4 Å². The van der Waals surface area contributed by atoms with E-state index in [1.165, 1.54) is 0 Å². The molecule has 0 amide bonds. The standard InChI is InChI=1S/C26H36N2O4/c1-3-13-27(15-19(31)17-29)25-21-9-5-7-11-23(21)26(24-12-8-6-10-22(24)25)28(14-4-2)16-20(32)18-30/h5-12,19-20,29-32H,3-4,13-18H2,1-2H3. The molecule has 0 saturated heterocycles. The van der Waals surface area contributed by atoms with Crippen molar-refractivity contribution >= 4 is 32.9 Å². The monoisotopic (exact) mass is 440 g/mol. The smallest absolute Gasteiger partial charge is 0.0945 e. The quantitative estimate of drug-likeness (QED) is 0.256. The van der Waals surface area contributed by atoms with Gasteiger partial charge in [0.2, 0.25) is 0 Å². The zero-order valence-corrected chi connectivity index (χ0v) is 19.1. The van der Waals surface area contributed by atoms with Crippen molar-refractivity contribution in [2.75, 3.05) is 49.2 Å². The number of aliphatic hydroxyl groups is 4. The number of aliphatic hydroxyl groups excluding tert-OH is 4. The predicted molar refractivity (Wildman–Crippen MR) is 133 cm³/mol. The van der Waals surface area contributed by atoms with E-state index in [2.05, 4.69) is 47.9 Å². The molecule has 0 saturated carbocycles. The molecule has 3 rings (SSSR count). The Morgan fingerprint density at radius 3 is 1.19 bits per heavy atom. The van der Waals surface area contributed by atoms with Crippen LogP contribution in [0.2, 0.25) is 0 Å². The van der Waals surface area contributed by atoms with Gasteiger partial charge in [0, 0.05) is 47.7 Å². The molecule has 0 fully saturated rings. The summed E-state index contributed by atoms with van der Waals surface area (Å²) in [6.45, 7) is 5.86. The Bertz CT molecular complexity index is 873. The van der Waals surface area contributed by atoms with Gasteiger partial charge in [0.25, 0.3) is 0 Å². The Labute approximate surface area is 190 Å². The maximum atomic E-state index is 10.2. The highest BCUT2D eigenvalue weighted by molar-refractivity contribution is 6.20. The van der Waals surface area contributed by atoms with E-state index < -0.39 is 12.2 Å². The summed E-state index contributed by atoms with van der Waals surface area (Å²) >= 11 is 0. The molecule has 2 atom stereocenters. The van der Waals surface area contributed by atoms with Crippen LogP contribution in [0, 0.1) is 0 Å². The van der Waals surface area contributed by atoms with E-state index in [9.17, 15) is 20.4 Å². The van der Waals surface area contributed by atoms with Crippen LogP contribution in [0.3, 0.4) is 0 Å². The van der Waals surface area contributed by atoms with Crippen LogP contribution in [0.1, 0.15) is 26.7 Å². The third kappa shape index (κ3) is 5.15. The van der Waals surface area contributed by atoms with Crippen LogP contribution in [0.15, 0.2) is 48.5 Å². The lowest BCUT2D eigenvalue weighted by Gasteiger charge is -2.33. The molecule has 0 heterocycles. The zero-order chi connectivity index (χ0) is 23.1. The van der Waals surface area contributed by atoms with Crippen molar-refractivity contribution in [2.24, 2.45) is 0 Å². The van der Waals surface area contributed by atoms with Crippen molar-refractivity contribution in [3.8, 4) is 0 Å². The molecule has 4 N–H and O–H groups in total. The van der Waals surface area contributed by atoms with Gasteiger partial charge in [-0.05, 0) is 12.8 Å². The summed E-state index contributed by atoms with van der Waals surface area (Å²) in [5.41, 5.74) is 2.10. The molecular formula is C26H36N2O4. The number of nitrogens with zero attached hydrogens (tertiary/aromatic N) is 2. The minimum Gasteiger partial charge on any atom is -0.394 e. The number of hydrogen-bond donors (Lipinski definition) is 4. The fourth-order valence-corrected chi connectivity index (χ4v) is 4.52. The Morgan fingerprint density at radius 2 is 0.938 bits per heavy atom. The third-order valence-corrected chi connectivity index (χ3v) is 5.78. The minimum atomic E-state index is -0.824. The molecule has 0 aliphatic carbocycles. The van der Waals surface area contributed by atoms with Crippen molar-refractivity contribution in [3.63, 3.8) is 0 Å². The number of hydrogen-bond acceptors (Lipinski definition) is 6. The normalized spacial score (nSPS) is 13.4. The van der Waals surface area contributed by atoms with Crippen molar-refractivity contribution in [1.29, 1.82) is 0 Å². The Balaban J connectivity index is 2.33. The van der Waals surface area contributed by atoms with Gasteiger partial charge in [0.05, 0.1) is 36.8 Å². The first kappa shape index (κ1) is 24.3. The molecule has 0 spiro atoms. The summed E-state index contributed by atoms with van der Waals surface area (Å²) in [5.74, 6) is 0. The van der Waals surface area contributed by atoms with Crippen LogP contribution >= 0.6 is 0 Å². The highest BCUT2D eigenvalue weighted by Gasteiger charge is 2.23. The summed E-state index contributed by atoms with van der Waals surface area (Å²) in [7, 11) is 0. The maximum Gasteiger partial charge on any atom is 0.0945 e. The molecule has 0 radical (unpaired) electrons. The van der Waals surface area contributed by atoms with Gasteiger partial charge in [-0.25, -0.2) is 0 Å². The summed E-state index contributed by atoms with van der Waals surface area (Å²) in [5, 5.41) is 43.7. The van der Waals surface area contributed by atoms with Crippen LogP contribution < -0.4 is 9.80 Å². The summed E-state index contributed by atoms with van der Waals surface area (Å²) in [6, 6.07) is 16.5. The molecule has 6 heteroatoms. The molecule has 0 bridgehead atoms. The van der Waals surface area contributed by atoms with Gasteiger partial charge in [0.1, 0.15) is 0 Å². The van der Waals surface area contributed by atoms with Crippen molar-refractivity contribution < 1.29 is 20.4 Å². The third-order valence-electron chi connectivity index (χ3n) is 5.78. The van der Waals surface area contributed by atoms with Crippen molar-refractivity contribution in [1.82, 2.24) is 0 Å². The van der Waals surface area contributed by atoms with E-state index in [4.69, 9.17) is 0 Å². The first-order valence-electron chi connectivity index (χ1n) is 11.6. The average Bonchev–Trinajstić information content (AvgIpc) is 2.81. The van der Waals surface area contributed by atoms with E-state index in [1.807, 2.05) is 24.3 Å². The molecule has 0 aromatic heterocycles. The molecular weight excluding hydrogens is 404 g/mol. The van der Waals surface area contributed by atoms with Gasteiger partial charge in [0.15, 0.2) is 0 Å². The Kier molecular flexibility index (Phi) is 8.70. The Hall–Kier alpha value is -2.38. The molecule has 3 aromatic carbocycles. The van der Waals surface area contributed by atoms with E-state index in [-0.39, 0.29) is 13.2 Å². The number of fused-ring (bicyclic) bond motifs is 2. The van der Waals surface area contributed by atoms with Gasteiger partial charge in [-0.2, -0.15) is 0 Å². The molecule has 6 nitrogen and oxygen atoms in total. The lowest BCUT2D eigenvalue weighted by molar-refractivity contribution is 0.0998. The Morgan fingerprint density at radius 1 is 0.625 bits per heavy atom. The van der Waals surface area contributed by atoms with Gasteiger partial charge in [-0.15, -0.1) is 0 Å². The molecule has 32 heavy (non-hydrogen) atoms. The molecule has 174 valence electrons. The SMILES string of the molecule is CCCN(CC(O)CO)c1c2ccccc2c(N(CCC)CC(O)CO)c2ccccc12. The molecule has 2 unspecified atom stereocenters. The molecule has 0 aliphatic rings. The van der Waals surface area contributed by atoms with Gasteiger partial charge >= 0.3 is 0 Å². The minimum absolute atomic E-state index is 0.280. The van der Waals surface area contributed by atoms with Crippen LogP contribution in [0.5, 0.6) is 0 Å². The van der Waals surface area contributed by atoms with Crippen LogP contribution in [-0.4, -0.2) is 72.0 Å². The summed E-state index contributed by atoms with van der Waals surface area (Å²) < 4.78 is 0. The fraction of sp³-hybridized carbons (Fsp3) is 0.462. The van der Waals surface area contributed by atoms with Crippen molar-refractivity contribution in [2.45, 2.75) is 38.9 Å². The van der Waals surface area contributed by atoms with E-state index in [1.54, 1.807) is 0 Å². The number of anilines is 2. The zero-order valence-electron chi connectivity index (χ0n) is 19.1. The van der Waals surface area contributed by atoms with Crippen LogP contribution in [0.25, 0.3) is 21.5 Å². The lowest BCUT2D eigenvalue weighted by atomic mass is 9.96. The summed E-state index contributed by atoms with van der Waals surface area (Å²) in [4.78, 5) is 4.34. The first-order valence-corrected chi connectivity index (χ1v) is 11.6. The fourth-order valence-electron chi connectivity index (χ4n) is 4.52. The first-order chi connectivity index (χ1) is 15.5. The molecule has 3 aromatic rings. The average molecular weight is 441 g/mol.